The Balaban J connectivity index is 1.20. The molecule has 7 aromatic rings. The Labute approximate surface area is 389 Å². The maximum absolute atomic E-state index is 2.72. The number of fused-ring (bicyclic) bond motifs is 9. The maximum Gasteiger partial charge on any atom is 0.252 e. The van der Waals surface area contributed by atoms with Crippen LogP contribution in [0.5, 0.6) is 0 Å². The summed E-state index contributed by atoms with van der Waals surface area (Å²) < 4.78 is 0. The molecule has 326 valence electrons. The fourth-order valence-electron chi connectivity index (χ4n) is 12.2. The van der Waals surface area contributed by atoms with Gasteiger partial charge in [-0.2, -0.15) is 0 Å². The SMILES string of the molecule is Cc1cc2c3c(c1)N(c1ccc(C(C)(C)C)cc1)c1cc(N4c5ccccc5C5(C)CCc6ccccc6C45C)ccc1B3c1cc(C(C)(C)C)ccc1N2c1ccc(C(C)(C)C)cc1. The highest BCUT2D eigenvalue weighted by atomic mass is 15.3. The van der Waals surface area contributed by atoms with Gasteiger partial charge in [-0.05, 0) is 159 Å². The number of hydrogen-bond acceptors (Lipinski definition) is 3. The average molecular weight is 850 g/mol. The third-order valence-electron chi connectivity index (χ3n) is 16.0. The van der Waals surface area contributed by atoms with E-state index in [1.54, 1.807) is 0 Å². The van der Waals surface area contributed by atoms with Crippen molar-refractivity contribution in [1.82, 2.24) is 0 Å². The first-order valence-electron chi connectivity index (χ1n) is 24.0. The summed E-state index contributed by atoms with van der Waals surface area (Å²) in [6, 6.07) is 57.0. The Kier molecular flexibility index (Phi) is 8.98. The molecule has 3 heterocycles. The van der Waals surface area contributed by atoms with Crippen molar-refractivity contribution < 1.29 is 0 Å². The van der Waals surface area contributed by atoms with E-state index in [1.807, 2.05) is 0 Å². The van der Waals surface area contributed by atoms with Crippen molar-refractivity contribution in [2.24, 2.45) is 0 Å². The highest BCUT2D eigenvalue weighted by Gasteiger charge is 2.60. The molecule has 0 radical (unpaired) electrons. The van der Waals surface area contributed by atoms with Crippen LogP contribution in [-0.4, -0.2) is 6.71 Å². The van der Waals surface area contributed by atoms with Gasteiger partial charge in [0, 0.05) is 50.9 Å². The molecule has 0 bridgehead atoms. The molecule has 3 aliphatic heterocycles. The van der Waals surface area contributed by atoms with Crippen molar-refractivity contribution in [1.29, 1.82) is 0 Å². The van der Waals surface area contributed by atoms with Gasteiger partial charge < -0.3 is 14.7 Å². The van der Waals surface area contributed by atoms with Gasteiger partial charge in [0.1, 0.15) is 0 Å². The Morgan fingerprint density at radius 2 is 0.985 bits per heavy atom. The zero-order valence-corrected chi connectivity index (χ0v) is 40.7. The summed E-state index contributed by atoms with van der Waals surface area (Å²) in [6.07, 6.45) is 2.19. The molecule has 4 aliphatic rings. The van der Waals surface area contributed by atoms with Gasteiger partial charge in [-0.3, -0.25) is 0 Å². The normalized spacial score (nSPS) is 19.6. The smallest absolute Gasteiger partial charge is 0.252 e. The van der Waals surface area contributed by atoms with Gasteiger partial charge >= 0.3 is 0 Å². The van der Waals surface area contributed by atoms with E-state index in [1.165, 1.54) is 101 Å². The van der Waals surface area contributed by atoms with Crippen LogP contribution in [0.25, 0.3) is 0 Å². The third kappa shape index (κ3) is 6.08. The quantitative estimate of drug-likeness (QED) is 0.164. The molecule has 4 heteroatoms. The van der Waals surface area contributed by atoms with E-state index in [0.29, 0.717) is 0 Å². The molecule has 0 spiro atoms. The minimum atomic E-state index is -0.294. The van der Waals surface area contributed by atoms with E-state index in [9.17, 15) is 0 Å². The lowest BCUT2D eigenvalue weighted by molar-refractivity contribution is 0.245. The van der Waals surface area contributed by atoms with Gasteiger partial charge in [0.2, 0.25) is 0 Å². The molecular formula is C61H64BN3. The molecule has 11 rings (SSSR count). The van der Waals surface area contributed by atoms with Gasteiger partial charge in [0.25, 0.3) is 6.71 Å². The molecule has 0 saturated heterocycles. The number of rotatable bonds is 3. The van der Waals surface area contributed by atoms with E-state index >= 15 is 0 Å². The second kappa shape index (κ2) is 14.0. The van der Waals surface area contributed by atoms with Crippen molar-refractivity contribution in [3.63, 3.8) is 0 Å². The average Bonchev–Trinajstić information content (AvgIpc) is 3.48. The first-order valence-corrected chi connectivity index (χ1v) is 24.0. The molecule has 2 atom stereocenters. The van der Waals surface area contributed by atoms with Gasteiger partial charge in [-0.25, -0.2) is 0 Å². The van der Waals surface area contributed by atoms with Gasteiger partial charge in [-0.15, -0.1) is 0 Å². The monoisotopic (exact) mass is 850 g/mol. The standard InChI is InChI=1S/C61H64BN3/c1-39-35-54-56-55(36-39)64(45-28-23-42(24-29-45)58(5,6)7)53-38-46(65-51-20-16-15-19-48(51)60(11)34-33-40-17-13-14-18-47(40)61(60,65)12)30-31-49(53)62(56)50-37-43(59(8,9)10)25-32-52(50)63(54)44-26-21-41(22-27-44)57(2,3)4/h13-32,35-38H,33-34H2,1-12H3. The number of hydrogen-bond donors (Lipinski definition) is 0. The van der Waals surface area contributed by atoms with Crippen LogP contribution >= 0.6 is 0 Å². The Morgan fingerprint density at radius 3 is 1.58 bits per heavy atom. The molecule has 7 aromatic carbocycles. The fourth-order valence-corrected chi connectivity index (χ4v) is 12.2. The lowest BCUT2D eigenvalue weighted by Crippen LogP contribution is -2.61. The van der Waals surface area contributed by atoms with Crippen LogP contribution in [0.3, 0.4) is 0 Å². The topological polar surface area (TPSA) is 9.72 Å². The summed E-state index contributed by atoms with van der Waals surface area (Å²) >= 11 is 0. The van der Waals surface area contributed by atoms with Gasteiger partial charge in [-0.1, -0.05) is 154 Å². The van der Waals surface area contributed by atoms with Crippen molar-refractivity contribution >= 4 is 68.6 Å². The summed E-state index contributed by atoms with van der Waals surface area (Å²) in [7, 11) is 0. The predicted molar refractivity (Wildman–Crippen MR) is 279 cm³/mol. The first-order chi connectivity index (χ1) is 30.8. The Bertz CT molecular complexity index is 3050. The number of aryl methyl sites for hydroxylation is 2. The van der Waals surface area contributed by atoms with Crippen molar-refractivity contribution in [3.8, 4) is 0 Å². The highest BCUT2D eigenvalue weighted by molar-refractivity contribution is 7.00. The zero-order valence-electron chi connectivity index (χ0n) is 40.7. The van der Waals surface area contributed by atoms with Gasteiger partial charge in [0.15, 0.2) is 0 Å². The third-order valence-corrected chi connectivity index (χ3v) is 16.0. The van der Waals surface area contributed by atoms with Crippen LogP contribution in [0.15, 0.2) is 146 Å². The van der Waals surface area contributed by atoms with Crippen LogP contribution < -0.4 is 31.1 Å². The van der Waals surface area contributed by atoms with Crippen LogP contribution in [0.1, 0.15) is 122 Å². The molecule has 0 amide bonds. The van der Waals surface area contributed by atoms with E-state index in [-0.39, 0.29) is 33.9 Å². The summed E-state index contributed by atoms with van der Waals surface area (Å²) in [5, 5.41) is 0. The summed E-state index contributed by atoms with van der Waals surface area (Å²) in [6.45, 7) is 28.2. The number of anilines is 8. The lowest BCUT2D eigenvalue weighted by Gasteiger charge is -2.51. The second-order valence-electron chi connectivity index (χ2n) is 23.1. The van der Waals surface area contributed by atoms with Crippen LogP contribution in [0.2, 0.25) is 0 Å². The van der Waals surface area contributed by atoms with Crippen LogP contribution in [0.4, 0.5) is 45.5 Å². The minimum Gasteiger partial charge on any atom is -0.330 e. The highest BCUT2D eigenvalue weighted by Crippen LogP contribution is 2.64. The molecule has 2 unspecified atom stereocenters. The predicted octanol–water partition coefficient (Wildman–Crippen LogP) is 14.2. The number of benzene rings is 7. The van der Waals surface area contributed by atoms with Crippen LogP contribution in [0, 0.1) is 6.92 Å². The first kappa shape index (κ1) is 41.7. The molecule has 0 saturated carbocycles. The van der Waals surface area contributed by atoms with E-state index in [2.05, 4.69) is 243 Å². The lowest BCUT2D eigenvalue weighted by atomic mass is 9.33. The number of para-hydroxylation sites is 1. The second-order valence-corrected chi connectivity index (χ2v) is 23.1. The molecule has 1 aliphatic carbocycles. The van der Waals surface area contributed by atoms with Gasteiger partial charge in [0.05, 0.1) is 5.54 Å². The molecular weight excluding hydrogens is 786 g/mol. The zero-order chi connectivity index (χ0) is 45.6. The Morgan fingerprint density at radius 1 is 0.462 bits per heavy atom. The largest absolute Gasteiger partial charge is 0.330 e. The van der Waals surface area contributed by atoms with Crippen molar-refractivity contribution in [2.75, 3.05) is 14.7 Å². The molecule has 65 heavy (non-hydrogen) atoms. The van der Waals surface area contributed by atoms with Crippen molar-refractivity contribution in [3.05, 3.63) is 185 Å². The number of nitrogens with zero attached hydrogens (tertiary/aromatic N) is 3. The summed E-state index contributed by atoms with van der Waals surface area (Å²) in [5.41, 5.74) is 23.3. The molecule has 0 aromatic heterocycles. The summed E-state index contributed by atoms with van der Waals surface area (Å²) in [4.78, 5) is 7.87. The van der Waals surface area contributed by atoms with Crippen LogP contribution in [-0.2, 0) is 33.6 Å². The molecule has 0 N–H and O–H groups in total. The van der Waals surface area contributed by atoms with E-state index in [0.717, 1.165) is 12.8 Å². The molecule has 0 fully saturated rings. The fraction of sp³-hybridized carbons (Fsp3) is 0.311. The Hall–Kier alpha value is -6.00. The van der Waals surface area contributed by atoms with Crippen molar-refractivity contribution in [2.45, 2.75) is 123 Å². The minimum absolute atomic E-state index is 0.0195. The maximum atomic E-state index is 2.72. The summed E-state index contributed by atoms with van der Waals surface area (Å²) in [5.74, 6) is 0. The van der Waals surface area contributed by atoms with E-state index in [4.69, 9.17) is 0 Å². The molecule has 3 nitrogen and oxygen atoms in total. The van der Waals surface area contributed by atoms with E-state index < -0.39 is 0 Å².